The standard InChI is InChI=1S/C36H37Cl2N3O6S/c1-7-40(8-2)35(43)32-21(4)39-36-41(33(32)26-19-25(44-5)13-15-28(26)45-6)34(42)31(48-36)17-22-10-14-29(30(16-22)46-9-3)47-20-23-11-12-24(37)18-27(23)38/h10-19,33H,7-9,20H2,1-6H3/b31-17+/t33-/m0/s1. The van der Waals surface area contributed by atoms with Gasteiger partial charge in [-0.05, 0) is 81.8 Å². The minimum atomic E-state index is -0.795. The Morgan fingerprint density at radius 2 is 1.71 bits per heavy atom. The third kappa shape index (κ3) is 7.11. The van der Waals surface area contributed by atoms with E-state index in [0.717, 1.165) is 11.1 Å². The normalized spacial score (nSPS) is 14.3. The van der Waals surface area contributed by atoms with Crippen molar-refractivity contribution in [3.63, 3.8) is 0 Å². The van der Waals surface area contributed by atoms with E-state index in [0.29, 0.717) is 78.9 Å². The second-order valence-corrected chi connectivity index (χ2v) is 12.7. The van der Waals surface area contributed by atoms with Crippen LogP contribution in [0.5, 0.6) is 23.0 Å². The summed E-state index contributed by atoms with van der Waals surface area (Å²) in [5.41, 5.74) is 2.79. The fourth-order valence-electron chi connectivity index (χ4n) is 5.57. The van der Waals surface area contributed by atoms with Crippen molar-refractivity contribution in [1.29, 1.82) is 0 Å². The number of likely N-dealkylation sites (N-methyl/N-ethyl adjacent to an activating group) is 1. The van der Waals surface area contributed by atoms with Gasteiger partial charge in [-0.25, -0.2) is 4.99 Å². The monoisotopic (exact) mass is 709 g/mol. The fraction of sp³-hybridized carbons (Fsp3) is 0.306. The molecule has 252 valence electrons. The van der Waals surface area contributed by atoms with Crippen molar-refractivity contribution in [1.82, 2.24) is 9.47 Å². The molecule has 1 aliphatic heterocycles. The Kier molecular flexibility index (Phi) is 11.2. The van der Waals surface area contributed by atoms with Crippen LogP contribution in [0, 0.1) is 0 Å². The number of fused-ring (bicyclic) bond motifs is 1. The summed E-state index contributed by atoms with van der Waals surface area (Å²) in [6.07, 6.45) is 1.79. The molecule has 0 saturated carbocycles. The van der Waals surface area contributed by atoms with Crippen LogP contribution in [0.3, 0.4) is 0 Å². The largest absolute Gasteiger partial charge is 0.497 e. The minimum Gasteiger partial charge on any atom is -0.497 e. The number of allylic oxidation sites excluding steroid dienone is 1. The number of nitrogens with zero attached hydrogens (tertiary/aromatic N) is 3. The second kappa shape index (κ2) is 15.3. The number of hydrogen-bond donors (Lipinski definition) is 0. The molecule has 1 aliphatic rings. The number of thiazole rings is 1. The van der Waals surface area contributed by atoms with Gasteiger partial charge >= 0.3 is 0 Å². The maximum absolute atomic E-state index is 14.3. The molecular weight excluding hydrogens is 673 g/mol. The first-order valence-electron chi connectivity index (χ1n) is 15.5. The van der Waals surface area contributed by atoms with Gasteiger partial charge in [0.1, 0.15) is 24.1 Å². The molecule has 0 bridgehead atoms. The zero-order valence-corrected chi connectivity index (χ0v) is 30.0. The van der Waals surface area contributed by atoms with Gasteiger partial charge < -0.3 is 23.8 Å². The molecule has 0 unspecified atom stereocenters. The van der Waals surface area contributed by atoms with Crippen molar-refractivity contribution in [2.45, 2.75) is 40.3 Å². The summed E-state index contributed by atoms with van der Waals surface area (Å²) in [6, 6.07) is 15.3. The van der Waals surface area contributed by atoms with Crippen LogP contribution in [0.2, 0.25) is 10.0 Å². The first-order valence-corrected chi connectivity index (χ1v) is 17.1. The average molecular weight is 711 g/mol. The highest BCUT2D eigenvalue weighted by Crippen LogP contribution is 2.38. The van der Waals surface area contributed by atoms with Crippen molar-refractivity contribution in [2.24, 2.45) is 4.99 Å². The highest BCUT2D eigenvalue weighted by atomic mass is 35.5. The van der Waals surface area contributed by atoms with Gasteiger partial charge in [0.2, 0.25) is 0 Å². The Labute approximate surface area is 293 Å². The number of amides is 1. The van der Waals surface area contributed by atoms with E-state index in [-0.39, 0.29) is 18.1 Å². The summed E-state index contributed by atoms with van der Waals surface area (Å²) in [5, 5.41) is 1.05. The number of ether oxygens (including phenoxy) is 4. The van der Waals surface area contributed by atoms with Crippen LogP contribution >= 0.6 is 34.5 Å². The lowest BCUT2D eigenvalue weighted by Crippen LogP contribution is -2.43. The molecule has 12 heteroatoms. The quantitative estimate of drug-likeness (QED) is 0.169. The lowest BCUT2D eigenvalue weighted by molar-refractivity contribution is -0.127. The number of carbonyl (C=O) groups excluding carboxylic acids is 1. The summed E-state index contributed by atoms with van der Waals surface area (Å²) in [7, 11) is 3.13. The van der Waals surface area contributed by atoms with Gasteiger partial charge in [0.05, 0.1) is 36.6 Å². The molecule has 48 heavy (non-hydrogen) atoms. The summed E-state index contributed by atoms with van der Waals surface area (Å²) in [6.45, 7) is 9.18. The van der Waals surface area contributed by atoms with Gasteiger partial charge in [0.15, 0.2) is 16.3 Å². The Morgan fingerprint density at radius 3 is 2.38 bits per heavy atom. The highest BCUT2D eigenvalue weighted by Gasteiger charge is 2.36. The van der Waals surface area contributed by atoms with E-state index in [1.54, 1.807) is 73.1 Å². The van der Waals surface area contributed by atoms with Crippen LogP contribution in [-0.4, -0.2) is 49.3 Å². The van der Waals surface area contributed by atoms with Gasteiger partial charge in [0.25, 0.3) is 11.5 Å². The zero-order valence-electron chi connectivity index (χ0n) is 27.6. The van der Waals surface area contributed by atoms with Crippen LogP contribution in [0.4, 0.5) is 0 Å². The van der Waals surface area contributed by atoms with Crippen molar-refractivity contribution < 1.29 is 23.7 Å². The predicted molar refractivity (Wildman–Crippen MR) is 190 cm³/mol. The van der Waals surface area contributed by atoms with Crippen molar-refractivity contribution in [3.8, 4) is 23.0 Å². The van der Waals surface area contributed by atoms with E-state index in [1.807, 2.05) is 39.0 Å². The molecule has 2 heterocycles. The van der Waals surface area contributed by atoms with Gasteiger partial charge in [-0.3, -0.25) is 14.2 Å². The number of halogens is 2. The van der Waals surface area contributed by atoms with Gasteiger partial charge in [-0.1, -0.05) is 46.7 Å². The molecule has 0 aliphatic carbocycles. The number of rotatable bonds is 12. The van der Waals surface area contributed by atoms with Crippen molar-refractivity contribution >= 4 is 46.5 Å². The number of hydrogen-bond acceptors (Lipinski definition) is 8. The molecule has 0 saturated heterocycles. The summed E-state index contributed by atoms with van der Waals surface area (Å²) < 4.78 is 25.3. The van der Waals surface area contributed by atoms with Gasteiger partial charge in [0, 0.05) is 34.3 Å². The first kappa shape index (κ1) is 35.1. The average Bonchev–Trinajstić information content (AvgIpc) is 3.38. The number of aromatic nitrogens is 1. The molecule has 0 radical (unpaired) electrons. The molecule has 0 N–H and O–H groups in total. The molecular formula is C36H37Cl2N3O6S. The van der Waals surface area contributed by atoms with E-state index in [4.69, 9.17) is 47.1 Å². The molecule has 3 aromatic carbocycles. The smallest absolute Gasteiger partial charge is 0.271 e. The molecule has 0 fully saturated rings. The summed E-state index contributed by atoms with van der Waals surface area (Å²) in [4.78, 5) is 35.3. The van der Waals surface area contributed by atoms with Crippen LogP contribution in [0.25, 0.3) is 6.08 Å². The number of carbonyl (C=O) groups is 1. The molecule has 1 amide bonds. The van der Waals surface area contributed by atoms with Crippen molar-refractivity contribution in [2.75, 3.05) is 33.9 Å². The molecule has 1 aromatic heterocycles. The Hall–Kier alpha value is -4.25. The molecule has 1 atom stereocenters. The fourth-order valence-corrected chi connectivity index (χ4v) is 7.08. The topological polar surface area (TPSA) is 91.6 Å². The van der Waals surface area contributed by atoms with Crippen LogP contribution in [0.15, 0.2) is 75.7 Å². The molecule has 9 nitrogen and oxygen atoms in total. The van der Waals surface area contributed by atoms with Gasteiger partial charge in [-0.2, -0.15) is 0 Å². The van der Waals surface area contributed by atoms with E-state index >= 15 is 0 Å². The predicted octanol–water partition coefficient (Wildman–Crippen LogP) is 6.41. The summed E-state index contributed by atoms with van der Waals surface area (Å²) in [5.74, 6) is 1.95. The highest BCUT2D eigenvalue weighted by molar-refractivity contribution is 7.07. The van der Waals surface area contributed by atoms with E-state index in [2.05, 4.69) is 0 Å². The zero-order chi connectivity index (χ0) is 34.5. The first-order chi connectivity index (χ1) is 23.1. The van der Waals surface area contributed by atoms with Crippen LogP contribution in [-0.2, 0) is 11.4 Å². The Bertz CT molecular complexity index is 2050. The van der Waals surface area contributed by atoms with E-state index in [1.165, 1.54) is 11.3 Å². The Balaban J connectivity index is 1.61. The lowest BCUT2D eigenvalue weighted by atomic mass is 9.93. The molecule has 0 spiro atoms. The molecule has 5 rings (SSSR count). The third-order valence-corrected chi connectivity index (χ3v) is 9.57. The van der Waals surface area contributed by atoms with Gasteiger partial charge in [-0.15, -0.1) is 0 Å². The maximum Gasteiger partial charge on any atom is 0.271 e. The van der Waals surface area contributed by atoms with E-state index < -0.39 is 6.04 Å². The van der Waals surface area contributed by atoms with E-state index in [9.17, 15) is 9.59 Å². The maximum atomic E-state index is 14.3. The number of methoxy groups -OCH3 is 2. The lowest BCUT2D eigenvalue weighted by Gasteiger charge is -2.30. The third-order valence-electron chi connectivity index (χ3n) is 8.00. The van der Waals surface area contributed by atoms with Crippen LogP contribution < -0.4 is 33.8 Å². The second-order valence-electron chi connectivity index (χ2n) is 10.8. The SMILES string of the molecule is CCOc1cc(/C=c2/sc3n(c2=O)[C@@H](c2cc(OC)ccc2OC)C(C(=O)N(CC)CC)=C(C)N=3)ccc1OCc1ccc(Cl)cc1Cl. The Morgan fingerprint density at radius 1 is 0.958 bits per heavy atom. The minimum absolute atomic E-state index is 0.192. The van der Waals surface area contributed by atoms with Crippen LogP contribution in [0.1, 0.15) is 50.4 Å². The van der Waals surface area contributed by atoms with Crippen molar-refractivity contribution in [3.05, 3.63) is 112 Å². The number of benzene rings is 3. The molecule has 4 aromatic rings. The summed E-state index contributed by atoms with van der Waals surface area (Å²) >= 11 is 13.6.